The first-order chi connectivity index (χ1) is 3.06. The zero-order valence-electron chi connectivity index (χ0n) is 5.83. The van der Waals surface area contributed by atoms with Gasteiger partial charge in [0, 0.05) is 6.92 Å². The number of hydrogen-bond acceptors (Lipinski definition) is 0. The van der Waals surface area contributed by atoms with E-state index in [1.54, 1.807) is 0 Å². The Morgan fingerprint density at radius 2 is 1.50 bits per heavy atom. The van der Waals surface area contributed by atoms with Gasteiger partial charge in [0.1, 0.15) is 6.04 Å². The Bertz CT molecular complexity index is 102. The van der Waals surface area contributed by atoms with E-state index in [2.05, 4.69) is 12.0 Å². The Morgan fingerprint density at radius 1 is 1.12 bits per heavy atom. The summed E-state index contributed by atoms with van der Waals surface area (Å²) in [5.41, 5.74) is 0. The smallest absolute Gasteiger partial charge is 0.136 e. The van der Waals surface area contributed by atoms with Crippen molar-refractivity contribution in [1.29, 1.82) is 0 Å². The summed E-state index contributed by atoms with van der Waals surface area (Å²) in [6, 6.07) is 2.97. The molecule has 2 heteroatoms. The first kappa shape index (κ1) is 11.1. The van der Waals surface area contributed by atoms with Gasteiger partial charge in [-0.3, -0.25) is 4.48 Å². The van der Waals surface area contributed by atoms with Gasteiger partial charge in [0.15, 0.2) is 0 Å². The fourth-order valence-electron chi connectivity index (χ4n) is 0.335. The van der Waals surface area contributed by atoms with E-state index in [4.69, 9.17) is 0 Å². The standard InChI is InChI=1S/C6H12N.HI/c1-5-6-7(2,3)4;/h1-4H3;1H/q+1;/p-1. The zero-order chi connectivity index (χ0) is 5.91. The minimum atomic E-state index is 0. The van der Waals surface area contributed by atoms with Crippen molar-refractivity contribution in [3.05, 3.63) is 0 Å². The summed E-state index contributed by atoms with van der Waals surface area (Å²) in [5, 5.41) is 0. The molecule has 0 amide bonds. The number of rotatable bonds is 0. The van der Waals surface area contributed by atoms with Crippen molar-refractivity contribution in [2.45, 2.75) is 6.92 Å². The maximum atomic E-state index is 2.97. The lowest BCUT2D eigenvalue weighted by molar-refractivity contribution is -0.800. The summed E-state index contributed by atoms with van der Waals surface area (Å²) in [6.45, 7) is 1.85. The van der Waals surface area contributed by atoms with Crippen molar-refractivity contribution in [3.8, 4) is 12.0 Å². The lowest BCUT2D eigenvalue weighted by Gasteiger charge is -2.11. The minimum absolute atomic E-state index is 0. The first-order valence-corrected chi connectivity index (χ1v) is 2.32. The number of quaternary nitrogens is 1. The zero-order valence-corrected chi connectivity index (χ0v) is 7.98. The predicted octanol–water partition coefficient (Wildman–Crippen LogP) is -2.32. The van der Waals surface area contributed by atoms with Crippen LogP contribution in [0.1, 0.15) is 6.92 Å². The van der Waals surface area contributed by atoms with Gasteiger partial charge in [0.05, 0.1) is 21.1 Å². The molecule has 0 spiro atoms. The van der Waals surface area contributed by atoms with E-state index in [0.29, 0.717) is 0 Å². The molecule has 0 aliphatic carbocycles. The predicted molar refractivity (Wildman–Crippen MR) is 31.5 cm³/mol. The molecule has 0 aromatic heterocycles. The van der Waals surface area contributed by atoms with Crippen LogP contribution < -0.4 is 24.0 Å². The third-order valence-corrected chi connectivity index (χ3v) is 0.447. The molecule has 0 heterocycles. The maximum Gasteiger partial charge on any atom is 0.136 e. The lowest BCUT2D eigenvalue weighted by atomic mass is 10.6. The quantitative estimate of drug-likeness (QED) is 0.246. The van der Waals surface area contributed by atoms with Gasteiger partial charge in [-0.25, -0.2) is 0 Å². The van der Waals surface area contributed by atoms with Crippen LogP contribution in [0.5, 0.6) is 0 Å². The van der Waals surface area contributed by atoms with Crippen LogP contribution in [0.4, 0.5) is 0 Å². The summed E-state index contributed by atoms with van der Waals surface area (Å²) in [5.74, 6) is 2.83. The van der Waals surface area contributed by atoms with E-state index in [0.717, 1.165) is 4.48 Å². The van der Waals surface area contributed by atoms with Gasteiger partial charge < -0.3 is 24.0 Å². The Morgan fingerprint density at radius 3 is 1.50 bits per heavy atom. The largest absolute Gasteiger partial charge is 1.00 e. The minimum Gasteiger partial charge on any atom is -1.00 e. The van der Waals surface area contributed by atoms with Gasteiger partial charge in [0.25, 0.3) is 0 Å². The number of hydrogen-bond donors (Lipinski definition) is 0. The van der Waals surface area contributed by atoms with Crippen LogP contribution in [0.15, 0.2) is 0 Å². The topological polar surface area (TPSA) is 0 Å². The van der Waals surface area contributed by atoms with E-state index >= 15 is 0 Å². The van der Waals surface area contributed by atoms with Crippen molar-refractivity contribution in [3.63, 3.8) is 0 Å². The van der Waals surface area contributed by atoms with Crippen molar-refractivity contribution < 1.29 is 28.5 Å². The molecule has 0 fully saturated rings. The molecular formula is C6H12IN. The Kier molecular flexibility index (Phi) is 5.77. The van der Waals surface area contributed by atoms with E-state index in [9.17, 15) is 0 Å². The second-order valence-corrected chi connectivity index (χ2v) is 2.37. The highest BCUT2D eigenvalue weighted by Gasteiger charge is 1.97. The second-order valence-electron chi connectivity index (χ2n) is 2.37. The normalized spacial score (nSPS) is 8.50. The van der Waals surface area contributed by atoms with Crippen LogP contribution in [0.3, 0.4) is 0 Å². The fourth-order valence-corrected chi connectivity index (χ4v) is 0.335. The van der Waals surface area contributed by atoms with Crippen LogP contribution in [-0.4, -0.2) is 25.6 Å². The highest BCUT2D eigenvalue weighted by atomic mass is 127. The van der Waals surface area contributed by atoms with Crippen LogP contribution in [-0.2, 0) is 0 Å². The molecule has 0 aromatic rings. The molecule has 48 valence electrons. The average molecular weight is 225 g/mol. The third kappa shape index (κ3) is 9.54. The second kappa shape index (κ2) is 4.16. The Labute approximate surface area is 68.7 Å². The Hall–Kier alpha value is 0.250. The van der Waals surface area contributed by atoms with Crippen LogP contribution >= 0.6 is 0 Å². The summed E-state index contributed by atoms with van der Waals surface area (Å²) < 4.78 is 0.733. The van der Waals surface area contributed by atoms with Crippen LogP contribution in [0.2, 0.25) is 0 Å². The van der Waals surface area contributed by atoms with Crippen LogP contribution in [0, 0.1) is 12.0 Å². The van der Waals surface area contributed by atoms with Crippen molar-refractivity contribution in [1.82, 2.24) is 0 Å². The van der Waals surface area contributed by atoms with Gasteiger partial charge in [-0.1, -0.05) is 0 Å². The molecule has 0 rings (SSSR count). The van der Waals surface area contributed by atoms with Crippen molar-refractivity contribution >= 4 is 0 Å². The summed E-state index contributed by atoms with van der Waals surface area (Å²) in [7, 11) is 6.11. The molecule has 0 aromatic carbocycles. The van der Waals surface area contributed by atoms with Gasteiger partial charge in [0.2, 0.25) is 0 Å². The molecule has 8 heavy (non-hydrogen) atoms. The molecule has 0 atom stereocenters. The SMILES string of the molecule is CC#C[N+](C)(C)C.[I-]. The van der Waals surface area contributed by atoms with E-state index in [1.807, 2.05) is 28.1 Å². The van der Waals surface area contributed by atoms with Crippen LogP contribution in [0.25, 0.3) is 0 Å². The molecule has 0 radical (unpaired) electrons. The number of halogens is 1. The summed E-state index contributed by atoms with van der Waals surface area (Å²) >= 11 is 0. The lowest BCUT2D eigenvalue weighted by Crippen LogP contribution is -3.00. The van der Waals surface area contributed by atoms with E-state index < -0.39 is 0 Å². The molecule has 0 aliphatic rings. The van der Waals surface area contributed by atoms with Gasteiger partial charge >= 0.3 is 0 Å². The molecule has 0 saturated carbocycles. The first-order valence-electron chi connectivity index (χ1n) is 2.32. The van der Waals surface area contributed by atoms with Gasteiger partial charge in [-0.2, -0.15) is 0 Å². The molecule has 0 aliphatic heterocycles. The Balaban J connectivity index is 0. The van der Waals surface area contributed by atoms with Gasteiger partial charge in [-0.05, 0) is 5.92 Å². The molecule has 0 bridgehead atoms. The molecule has 1 nitrogen and oxygen atoms in total. The number of nitrogens with zero attached hydrogens (tertiary/aromatic N) is 1. The monoisotopic (exact) mass is 225 g/mol. The van der Waals surface area contributed by atoms with Crippen molar-refractivity contribution in [2.75, 3.05) is 21.1 Å². The summed E-state index contributed by atoms with van der Waals surface area (Å²) in [4.78, 5) is 0. The van der Waals surface area contributed by atoms with E-state index in [1.165, 1.54) is 0 Å². The highest BCUT2D eigenvalue weighted by Crippen LogP contribution is 1.81. The average Bonchev–Trinajstić information content (AvgIpc) is 1.30. The molecule has 0 unspecified atom stereocenters. The third-order valence-electron chi connectivity index (χ3n) is 0.447. The maximum absolute atomic E-state index is 2.97. The molecule has 0 saturated heterocycles. The van der Waals surface area contributed by atoms with Gasteiger partial charge in [-0.15, -0.1) is 0 Å². The molecular weight excluding hydrogens is 213 g/mol. The summed E-state index contributed by atoms with van der Waals surface area (Å²) in [6.07, 6.45) is 0. The van der Waals surface area contributed by atoms with E-state index in [-0.39, 0.29) is 24.0 Å². The molecule has 0 N–H and O–H groups in total. The highest BCUT2D eigenvalue weighted by molar-refractivity contribution is 4.84. The fraction of sp³-hybridized carbons (Fsp3) is 0.667. The van der Waals surface area contributed by atoms with Crippen molar-refractivity contribution in [2.24, 2.45) is 0 Å².